The van der Waals surface area contributed by atoms with Crippen LogP contribution in [-0.2, 0) is 0 Å². The van der Waals surface area contributed by atoms with Gasteiger partial charge in [-0.2, -0.15) is 0 Å². The third-order valence-corrected chi connectivity index (χ3v) is 5.48. The van der Waals surface area contributed by atoms with E-state index in [0.717, 1.165) is 15.8 Å². The van der Waals surface area contributed by atoms with E-state index in [0.29, 0.717) is 0 Å². The van der Waals surface area contributed by atoms with Gasteiger partial charge in [-0.05, 0) is 55.2 Å². The second-order valence-corrected chi connectivity index (χ2v) is 6.82. The van der Waals surface area contributed by atoms with Crippen molar-refractivity contribution in [3.63, 3.8) is 0 Å². The molecule has 0 fully saturated rings. The summed E-state index contributed by atoms with van der Waals surface area (Å²) < 4.78 is 6.63. The lowest BCUT2D eigenvalue weighted by molar-refractivity contribution is 0.410. The number of rotatable bonds is 3. The van der Waals surface area contributed by atoms with Crippen molar-refractivity contribution in [2.45, 2.75) is 25.6 Å². The van der Waals surface area contributed by atoms with Crippen LogP contribution < -0.4 is 4.74 Å². The van der Waals surface area contributed by atoms with Gasteiger partial charge in [0.15, 0.2) is 0 Å². The third kappa shape index (κ3) is 3.09. The molecule has 2 aromatic rings. The van der Waals surface area contributed by atoms with Gasteiger partial charge in [0.1, 0.15) is 5.75 Å². The van der Waals surface area contributed by atoms with Crippen LogP contribution in [0.1, 0.15) is 32.6 Å². The summed E-state index contributed by atoms with van der Waals surface area (Å²) in [6.45, 7) is 6.34. The van der Waals surface area contributed by atoms with Gasteiger partial charge in [-0.3, -0.25) is 0 Å². The largest absolute Gasteiger partial charge is 0.496 e. The van der Waals surface area contributed by atoms with E-state index < -0.39 is 0 Å². The molecule has 0 spiro atoms. The Hall–Kier alpha value is -0.800. The SMILES string of the molecule is COc1cc(C)c(Br)cc1C(Br)c1ccc(C)c(C)c1. The molecule has 1 atom stereocenters. The van der Waals surface area contributed by atoms with Gasteiger partial charge in [0, 0.05) is 10.0 Å². The first-order valence-electron chi connectivity index (χ1n) is 6.49. The molecular weight excluding hydrogens is 380 g/mol. The van der Waals surface area contributed by atoms with Crippen LogP contribution in [0.5, 0.6) is 5.75 Å². The van der Waals surface area contributed by atoms with Crippen molar-refractivity contribution >= 4 is 31.9 Å². The van der Waals surface area contributed by atoms with Crippen LogP contribution in [0.4, 0.5) is 0 Å². The Labute approximate surface area is 137 Å². The summed E-state index contributed by atoms with van der Waals surface area (Å²) in [6, 6.07) is 10.7. The number of ether oxygens (including phenoxy) is 1. The quantitative estimate of drug-likeness (QED) is 0.588. The Balaban J connectivity index is 2.49. The van der Waals surface area contributed by atoms with Crippen molar-refractivity contribution in [3.05, 3.63) is 62.6 Å². The molecular formula is C17H18Br2O. The molecule has 0 saturated heterocycles. The Bertz CT molecular complexity index is 635. The molecule has 0 amide bonds. The van der Waals surface area contributed by atoms with E-state index in [1.165, 1.54) is 22.3 Å². The molecule has 0 aliphatic carbocycles. The smallest absolute Gasteiger partial charge is 0.123 e. The summed E-state index contributed by atoms with van der Waals surface area (Å²) in [6.07, 6.45) is 0. The van der Waals surface area contributed by atoms with Gasteiger partial charge < -0.3 is 4.74 Å². The van der Waals surface area contributed by atoms with Crippen LogP contribution in [0.3, 0.4) is 0 Å². The third-order valence-electron chi connectivity index (χ3n) is 3.61. The molecule has 1 unspecified atom stereocenters. The van der Waals surface area contributed by atoms with E-state index >= 15 is 0 Å². The minimum atomic E-state index is 0.119. The normalized spacial score (nSPS) is 12.3. The molecule has 0 aromatic heterocycles. The van der Waals surface area contributed by atoms with E-state index in [2.05, 4.69) is 83.0 Å². The number of methoxy groups -OCH3 is 1. The van der Waals surface area contributed by atoms with Gasteiger partial charge in [-0.25, -0.2) is 0 Å². The van der Waals surface area contributed by atoms with Crippen molar-refractivity contribution in [1.82, 2.24) is 0 Å². The molecule has 0 saturated carbocycles. The lowest BCUT2D eigenvalue weighted by Crippen LogP contribution is -1.99. The fourth-order valence-corrected chi connectivity index (χ4v) is 3.15. The molecule has 0 radical (unpaired) electrons. The van der Waals surface area contributed by atoms with E-state index in [-0.39, 0.29) is 4.83 Å². The molecule has 0 bridgehead atoms. The van der Waals surface area contributed by atoms with Gasteiger partial charge in [0.05, 0.1) is 11.9 Å². The average molecular weight is 398 g/mol. The average Bonchev–Trinajstić information content (AvgIpc) is 2.43. The molecule has 106 valence electrons. The van der Waals surface area contributed by atoms with Gasteiger partial charge in [0.25, 0.3) is 0 Å². The zero-order valence-electron chi connectivity index (χ0n) is 12.1. The van der Waals surface area contributed by atoms with Crippen molar-refractivity contribution < 1.29 is 4.74 Å². The molecule has 0 heterocycles. The highest BCUT2D eigenvalue weighted by molar-refractivity contribution is 9.10. The molecule has 20 heavy (non-hydrogen) atoms. The zero-order chi connectivity index (χ0) is 14.9. The van der Waals surface area contributed by atoms with Crippen LogP contribution in [0.25, 0.3) is 0 Å². The van der Waals surface area contributed by atoms with E-state index in [4.69, 9.17) is 4.74 Å². The van der Waals surface area contributed by atoms with Crippen molar-refractivity contribution in [3.8, 4) is 5.75 Å². The Morgan fingerprint density at radius 1 is 0.950 bits per heavy atom. The standard InChI is InChI=1S/C17H18Br2O/c1-10-5-6-13(7-11(10)2)17(19)14-9-15(18)12(3)8-16(14)20-4/h5-9,17H,1-4H3. The number of alkyl halides is 1. The van der Waals surface area contributed by atoms with Crippen LogP contribution in [-0.4, -0.2) is 7.11 Å². The minimum Gasteiger partial charge on any atom is -0.496 e. The molecule has 2 aromatic carbocycles. The number of halogens is 2. The van der Waals surface area contributed by atoms with Crippen LogP contribution >= 0.6 is 31.9 Å². The fourth-order valence-electron chi connectivity index (χ4n) is 2.15. The lowest BCUT2D eigenvalue weighted by Gasteiger charge is -2.17. The van der Waals surface area contributed by atoms with E-state index in [9.17, 15) is 0 Å². The van der Waals surface area contributed by atoms with E-state index in [1.807, 2.05) is 0 Å². The van der Waals surface area contributed by atoms with Crippen molar-refractivity contribution in [2.24, 2.45) is 0 Å². The van der Waals surface area contributed by atoms with Crippen LogP contribution in [0.15, 0.2) is 34.8 Å². The summed E-state index contributed by atoms with van der Waals surface area (Å²) in [5.41, 5.74) is 6.16. The highest BCUT2D eigenvalue weighted by Gasteiger charge is 2.17. The highest BCUT2D eigenvalue weighted by Crippen LogP contribution is 2.39. The molecule has 0 aliphatic heterocycles. The zero-order valence-corrected chi connectivity index (χ0v) is 15.3. The van der Waals surface area contributed by atoms with Crippen molar-refractivity contribution in [1.29, 1.82) is 0 Å². The minimum absolute atomic E-state index is 0.119. The molecule has 1 nitrogen and oxygen atoms in total. The lowest BCUT2D eigenvalue weighted by atomic mass is 9.99. The predicted molar refractivity (Wildman–Crippen MR) is 92.1 cm³/mol. The Morgan fingerprint density at radius 3 is 2.25 bits per heavy atom. The van der Waals surface area contributed by atoms with E-state index in [1.54, 1.807) is 7.11 Å². The summed E-state index contributed by atoms with van der Waals surface area (Å²) >= 11 is 7.40. The Kier molecular flexibility index (Phi) is 4.92. The summed E-state index contributed by atoms with van der Waals surface area (Å²) in [7, 11) is 1.71. The highest BCUT2D eigenvalue weighted by atomic mass is 79.9. The monoisotopic (exact) mass is 396 g/mol. The first kappa shape index (κ1) is 15.6. The van der Waals surface area contributed by atoms with Crippen LogP contribution in [0.2, 0.25) is 0 Å². The molecule has 0 N–H and O–H groups in total. The van der Waals surface area contributed by atoms with Gasteiger partial charge in [-0.1, -0.05) is 50.1 Å². The number of hydrogen-bond acceptors (Lipinski definition) is 1. The van der Waals surface area contributed by atoms with Gasteiger partial charge >= 0.3 is 0 Å². The maximum atomic E-state index is 5.53. The van der Waals surface area contributed by atoms with Crippen molar-refractivity contribution in [2.75, 3.05) is 7.11 Å². The first-order valence-corrected chi connectivity index (χ1v) is 8.20. The number of hydrogen-bond donors (Lipinski definition) is 0. The summed E-state index contributed by atoms with van der Waals surface area (Å²) in [4.78, 5) is 0.119. The van der Waals surface area contributed by atoms with Gasteiger partial charge in [-0.15, -0.1) is 0 Å². The fraction of sp³-hybridized carbons (Fsp3) is 0.294. The second kappa shape index (κ2) is 6.31. The predicted octanol–water partition coefficient (Wildman–Crippen LogP) is 5.87. The number of benzene rings is 2. The summed E-state index contributed by atoms with van der Waals surface area (Å²) in [5.74, 6) is 0.908. The molecule has 2 rings (SSSR count). The van der Waals surface area contributed by atoms with Crippen LogP contribution in [0, 0.1) is 20.8 Å². The Morgan fingerprint density at radius 2 is 1.65 bits per heavy atom. The summed E-state index contributed by atoms with van der Waals surface area (Å²) in [5, 5.41) is 0. The first-order chi connectivity index (χ1) is 9.43. The molecule has 3 heteroatoms. The second-order valence-electron chi connectivity index (χ2n) is 5.05. The number of aryl methyl sites for hydroxylation is 3. The topological polar surface area (TPSA) is 9.23 Å². The van der Waals surface area contributed by atoms with Gasteiger partial charge in [0.2, 0.25) is 0 Å². The molecule has 0 aliphatic rings. The maximum Gasteiger partial charge on any atom is 0.123 e. The maximum absolute atomic E-state index is 5.53.